The zero-order chi connectivity index (χ0) is 11.5. The average molecular weight is 223 g/mol. The van der Waals surface area contributed by atoms with Gasteiger partial charge in [0.15, 0.2) is 17.5 Å². The van der Waals surface area contributed by atoms with E-state index < -0.39 is 17.5 Å². The molecule has 0 atom stereocenters. The van der Waals surface area contributed by atoms with Crippen molar-refractivity contribution in [1.29, 1.82) is 0 Å². The topological polar surface area (TPSA) is 12.0 Å². The molecule has 1 nitrogen and oxygen atoms in total. The summed E-state index contributed by atoms with van der Waals surface area (Å²) >= 11 is 0. The Hall–Kier alpha value is -1.97. The fourth-order valence-corrected chi connectivity index (χ4v) is 1.32. The standard InChI is InChI=1S/C12H8F3N/c13-10-6-9(7-11(14)12(10)15)16-8-4-2-1-3-5-8/h1-7,16H. The van der Waals surface area contributed by atoms with Crippen molar-refractivity contribution < 1.29 is 13.2 Å². The van der Waals surface area contributed by atoms with Gasteiger partial charge in [0.25, 0.3) is 0 Å². The number of halogens is 3. The second kappa shape index (κ2) is 4.26. The van der Waals surface area contributed by atoms with Crippen molar-refractivity contribution in [3.8, 4) is 0 Å². The minimum atomic E-state index is -1.46. The summed E-state index contributed by atoms with van der Waals surface area (Å²) in [6.07, 6.45) is 0. The second-order valence-corrected chi connectivity index (χ2v) is 3.24. The molecule has 0 unspecified atom stereocenters. The number of rotatable bonds is 2. The Labute approximate surface area is 90.5 Å². The van der Waals surface area contributed by atoms with Crippen LogP contribution in [-0.4, -0.2) is 0 Å². The second-order valence-electron chi connectivity index (χ2n) is 3.24. The molecule has 82 valence electrons. The Morgan fingerprint density at radius 1 is 0.750 bits per heavy atom. The highest BCUT2D eigenvalue weighted by molar-refractivity contribution is 5.59. The van der Waals surface area contributed by atoms with Gasteiger partial charge in [-0.3, -0.25) is 0 Å². The molecule has 0 saturated heterocycles. The lowest BCUT2D eigenvalue weighted by Gasteiger charge is -2.06. The molecule has 2 rings (SSSR count). The van der Waals surface area contributed by atoms with Crippen LogP contribution in [0.5, 0.6) is 0 Å². The van der Waals surface area contributed by atoms with Gasteiger partial charge in [-0.15, -0.1) is 0 Å². The molecule has 4 heteroatoms. The Morgan fingerprint density at radius 3 is 1.88 bits per heavy atom. The van der Waals surface area contributed by atoms with E-state index in [-0.39, 0.29) is 5.69 Å². The van der Waals surface area contributed by atoms with E-state index in [1.807, 2.05) is 6.07 Å². The van der Waals surface area contributed by atoms with Crippen molar-refractivity contribution in [3.63, 3.8) is 0 Å². The van der Waals surface area contributed by atoms with E-state index in [2.05, 4.69) is 5.32 Å². The number of para-hydroxylation sites is 1. The summed E-state index contributed by atoms with van der Waals surface area (Å²) in [5, 5.41) is 2.77. The van der Waals surface area contributed by atoms with Crippen LogP contribution in [0.15, 0.2) is 42.5 Å². The van der Waals surface area contributed by atoms with Crippen LogP contribution in [0, 0.1) is 17.5 Å². The first-order chi connectivity index (χ1) is 7.66. The van der Waals surface area contributed by atoms with Gasteiger partial charge in [-0.25, -0.2) is 13.2 Å². The van der Waals surface area contributed by atoms with Gasteiger partial charge in [0.05, 0.1) is 0 Å². The van der Waals surface area contributed by atoms with Crippen LogP contribution in [0.25, 0.3) is 0 Å². The zero-order valence-electron chi connectivity index (χ0n) is 8.18. The van der Waals surface area contributed by atoms with Crippen LogP contribution in [0.1, 0.15) is 0 Å². The minimum absolute atomic E-state index is 0.169. The molecule has 0 heterocycles. The van der Waals surface area contributed by atoms with Crippen molar-refractivity contribution >= 4 is 11.4 Å². The third-order valence-electron chi connectivity index (χ3n) is 2.05. The highest BCUT2D eigenvalue weighted by atomic mass is 19.2. The highest BCUT2D eigenvalue weighted by Crippen LogP contribution is 2.20. The summed E-state index contributed by atoms with van der Waals surface area (Å²) in [6, 6.07) is 10.7. The molecule has 0 bridgehead atoms. The molecule has 0 saturated carbocycles. The molecule has 0 spiro atoms. The van der Waals surface area contributed by atoms with Crippen LogP contribution < -0.4 is 5.32 Å². The number of benzene rings is 2. The quantitative estimate of drug-likeness (QED) is 0.762. The molecule has 1 N–H and O–H groups in total. The van der Waals surface area contributed by atoms with Crippen molar-refractivity contribution in [1.82, 2.24) is 0 Å². The molecule has 2 aromatic carbocycles. The highest BCUT2D eigenvalue weighted by Gasteiger charge is 2.10. The van der Waals surface area contributed by atoms with E-state index in [0.717, 1.165) is 12.1 Å². The minimum Gasteiger partial charge on any atom is -0.355 e. The molecule has 16 heavy (non-hydrogen) atoms. The lowest BCUT2D eigenvalue weighted by molar-refractivity contribution is 0.448. The molecule has 0 aliphatic rings. The van der Waals surface area contributed by atoms with Gasteiger partial charge >= 0.3 is 0 Å². The van der Waals surface area contributed by atoms with E-state index in [9.17, 15) is 13.2 Å². The average Bonchev–Trinajstić information content (AvgIpc) is 2.27. The summed E-state index contributed by atoms with van der Waals surface area (Å²) in [7, 11) is 0. The Bertz CT molecular complexity index is 474. The first kappa shape index (κ1) is 10.5. The summed E-state index contributed by atoms with van der Waals surface area (Å²) in [4.78, 5) is 0. The number of hydrogen-bond acceptors (Lipinski definition) is 1. The number of nitrogens with one attached hydrogen (secondary N) is 1. The van der Waals surface area contributed by atoms with Crippen LogP contribution in [0.2, 0.25) is 0 Å². The molecule has 0 radical (unpaired) electrons. The fraction of sp³-hybridized carbons (Fsp3) is 0. The molecule has 0 aliphatic carbocycles. The first-order valence-electron chi connectivity index (χ1n) is 4.63. The molecule has 0 aromatic heterocycles. The Morgan fingerprint density at radius 2 is 1.31 bits per heavy atom. The van der Waals surface area contributed by atoms with Crippen molar-refractivity contribution in [2.24, 2.45) is 0 Å². The normalized spacial score (nSPS) is 10.2. The first-order valence-corrected chi connectivity index (χ1v) is 4.63. The molecular weight excluding hydrogens is 215 g/mol. The van der Waals surface area contributed by atoms with Crippen LogP contribution in [0.3, 0.4) is 0 Å². The largest absolute Gasteiger partial charge is 0.355 e. The van der Waals surface area contributed by atoms with Crippen molar-refractivity contribution in [2.45, 2.75) is 0 Å². The van der Waals surface area contributed by atoms with Crippen LogP contribution in [0.4, 0.5) is 24.5 Å². The van der Waals surface area contributed by atoms with E-state index in [0.29, 0.717) is 5.69 Å². The predicted octanol–water partition coefficient (Wildman–Crippen LogP) is 3.85. The predicted molar refractivity (Wildman–Crippen MR) is 56.0 cm³/mol. The fourth-order valence-electron chi connectivity index (χ4n) is 1.32. The Balaban J connectivity index is 2.29. The van der Waals surface area contributed by atoms with E-state index in [1.165, 1.54) is 0 Å². The van der Waals surface area contributed by atoms with Gasteiger partial charge in [-0.2, -0.15) is 0 Å². The number of anilines is 2. The van der Waals surface area contributed by atoms with Crippen molar-refractivity contribution in [3.05, 3.63) is 59.9 Å². The zero-order valence-corrected chi connectivity index (χ0v) is 8.18. The van der Waals surface area contributed by atoms with Crippen LogP contribution in [-0.2, 0) is 0 Å². The van der Waals surface area contributed by atoms with Gasteiger partial charge in [-0.05, 0) is 12.1 Å². The summed E-state index contributed by atoms with van der Waals surface area (Å²) in [6.45, 7) is 0. The molecule has 2 aromatic rings. The molecule has 0 fully saturated rings. The third-order valence-corrected chi connectivity index (χ3v) is 2.05. The smallest absolute Gasteiger partial charge is 0.194 e. The number of hydrogen-bond donors (Lipinski definition) is 1. The van der Waals surface area contributed by atoms with Gasteiger partial charge in [0.2, 0.25) is 0 Å². The van der Waals surface area contributed by atoms with E-state index in [4.69, 9.17) is 0 Å². The van der Waals surface area contributed by atoms with Gasteiger partial charge in [-0.1, -0.05) is 18.2 Å². The summed E-state index contributed by atoms with van der Waals surface area (Å²) < 4.78 is 38.4. The lowest BCUT2D eigenvalue weighted by atomic mass is 10.2. The van der Waals surface area contributed by atoms with Gasteiger partial charge < -0.3 is 5.32 Å². The van der Waals surface area contributed by atoms with E-state index >= 15 is 0 Å². The maximum absolute atomic E-state index is 12.9. The Kier molecular flexibility index (Phi) is 2.81. The maximum atomic E-state index is 12.9. The molecule has 0 amide bonds. The third kappa shape index (κ3) is 2.16. The van der Waals surface area contributed by atoms with Gasteiger partial charge in [0.1, 0.15) is 0 Å². The monoisotopic (exact) mass is 223 g/mol. The summed E-state index contributed by atoms with van der Waals surface area (Å²) in [5.74, 6) is -3.88. The maximum Gasteiger partial charge on any atom is 0.194 e. The molecular formula is C12H8F3N. The van der Waals surface area contributed by atoms with E-state index in [1.54, 1.807) is 24.3 Å². The summed E-state index contributed by atoms with van der Waals surface area (Å²) in [5.41, 5.74) is 0.843. The SMILES string of the molecule is Fc1cc(Nc2ccccc2)cc(F)c1F. The molecule has 0 aliphatic heterocycles. The van der Waals surface area contributed by atoms with Crippen molar-refractivity contribution in [2.75, 3.05) is 5.32 Å². The van der Waals surface area contributed by atoms with Crippen LogP contribution >= 0.6 is 0 Å². The van der Waals surface area contributed by atoms with Gasteiger partial charge in [0, 0.05) is 23.5 Å². The lowest BCUT2D eigenvalue weighted by Crippen LogP contribution is -1.95.